The standard InChI is InChI=1S/C20H27FN4O4S/c1-29-12-11-24-20(26)25(18-8-9-18)19(22-24)16-3-2-10-23(13-16)30(27,28)14-15-4-6-17(21)7-5-15/h4-7,16,18H,2-3,8-14H2,1H3. The minimum atomic E-state index is -3.56. The van der Waals surface area contributed by atoms with Crippen LogP contribution in [0.15, 0.2) is 29.1 Å². The molecule has 2 fully saturated rings. The number of piperidine rings is 1. The molecule has 1 aromatic carbocycles. The lowest BCUT2D eigenvalue weighted by molar-refractivity contribution is 0.182. The van der Waals surface area contributed by atoms with Crippen molar-refractivity contribution < 1.29 is 17.5 Å². The SMILES string of the molecule is COCCn1nc(C2CCCN(S(=O)(=O)Cc3ccc(F)cc3)C2)n(C2CC2)c1=O. The molecule has 1 aliphatic heterocycles. The molecule has 0 N–H and O–H groups in total. The number of ether oxygens (including phenoxy) is 1. The third-order valence-electron chi connectivity index (χ3n) is 5.72. The quantitative estimate of drug-likeness (QED) is 0.628. The van der Waals surface area contributed by atoms with Gasteiger partial charge >= 0.3 is 5.69 Å². The summed E-state index contributed by atoms with van der Waals surface area (Å²) in [5, 5.41) is 4.57. The molecule has 0 bridgehead atoms. The van der Waals surface area contributed by atoms with Crippen LogP contribution in [0.1, 0.15) is 49.0 Å². The zero-order valence-corrected chi connectivity index (χ0v) is 17.9. The van der Waals surface area contributed by atoms with E-state index in [0.29, 0.717) is 44.0 Å². The van der Waals surface area contributed by atoms with Crippen LogP contribution < -0.4 is 5.69 Å². The number of methoxy groups -OCH3 is 1. The van der Waals surface area contributed by atoms with Crippen LogP contribution in [0.25, 0.3) is 0 Å². The Hall–Kier alpha value is -2.04. The highest BCUT2D eigenvalue weighted by molar-refractivity contribution is 7.88. The largest absolute Gasteiger partial charge is 0.383 e. The van der Waals surface area contributed by atoms with Gasteiger partial charge in [0.05, 0.1) is 18.9 Å². The summed E-state index contributed by atoms with van der Waals surface area (Å²) in [6.45, 7) is 1.51. The first-order valence-corrected chi connectivity index (χ1v) is 11.9. The predicted octanol–water partition coefficient (Wildman–Crippen LogP) is 1.87. The monoisotopic (exact) mass is 438 g/mol. The minimum Gasteiger partial charge on any atom is -0.383 e. The van der Waals surface area contributed by atoms with Gasteiger partial charge in [-0.25, -0.2) is 26.6 Å². The van der Waals surface area contributed by atoms with Crippen molar-refractivity contribution >= 4 is 10.0 Å². The molecule has 0 amide bonds. The Kier molecular flexibility index (Phi) is 6.08. The molecule has 2 aromatic rings. The van der Waals surface area contributed by atoms with Gasteiger partial charge in [-0.15, -0.1) is 0 Å². The second-order valence-corrected chi connectivity index (χ2v) is 10.0. The van der Waals surface area contributed by atoms with E-state index in [4.69, 9.17) is 4.74 Å². The van der Waals surface area contributed by atoms with Crippen LogP contribution in [0, 0.1) is 5.82 Å². The Balaban J connectivity index is 1.55. The molecule has 1 atom stereocenters. The summed E-state index contributed by atoms with van der Waals surface area (Å²) in [6, 6.07) is 5.69. The van der Waals surface area contributed by atoms with Gasteiger partial charge in [-0.05, 0) is 43.4 Å². The van der Waals surface area contributed by atoms with E-state index in [1.54, 1.807) is 11.7 Å². The van der Waals surface area contributed by atoms with Gasteiger partial charge in [-0.3, -0.25) is 4.57 Å². The summed E-state index contributed by atoms with van der Waals surface area (Å²) < 4.78 is 48.9. The number of aromatic nitrogens is 3. The molecule has 10 heteroatoms. The van der Waals surface area contributed by atoms with Crippen LogP contribution in [0.5, 0.6) is 0 Å². The Bertz CT molecular complexity index is 1040. The fraction of sp³-hybridized carbons (Fsp3) is 0.600. The van der Waals surface area contributed by atoms with Crippen molar-refractivity contribution in [3.63, 3.8) is 0 Å². The molecular weight excluding hydrogens is 411 g/mol. The highest BCUT2D eigenvalue weighted by atomic mass is 32.2. The van der Waals surface area contributed by atoms with Crippen molar-refractivity contribution in [3.05, 3.63) is 52.0 Å². The first-order valence-electron chi connectivity index (χ1n) is 10.3. The molecule has 164 valence electrons. The van der Waals surface area contributed by atoms with Gasteiger partial charge in [0.2, 0.25) is 10.0 Å². The molecule has 2 heterocycles. The summed E-state index contributed by atoms with van der Waals surface area (Å²) in [6.07, 6.45) is 3.39. The average molecular weight is 439 g/mol. The van der Waals surface area contributed by atoms with E-state index >= 15 is 0 Å². The lowest BCUT2D eigenvalue weighted by Gasteiger charge is -2.31. The van der Waals surface area contributed by atoms with Crippen molar-refractivity contribution in [2.75, 3.05) is 26.8 Å². The molecule has 1 saturated carbocycles. The molecule has 4 rings (SSSR count). The second-order valence-electron chi connectivity index (χ2n) is 8.04. The smallest absolute Gasteiger partial charge is 0.346 e. The fourth-order valence-corrected chi connectivity index (χ4v) is 5.61. The molecule has 30 heavy (non-hydrogen) atoms. The predicted molar refractivity (Wildman–Crippen MR) is 109 cm³/mol. The topological polar surface area (TPSA) is 86.4 Å². The molecule has 1 aromatic heterocycles. The van der Waals surface area contributed by atoms with E-state index in [0.717, 1.165) is 19.3 Å². The van der Waals surface area contributed by atoms with Gasteiger partial charge in [-0.2, -0.15) is 5.10 Å². The number of benzene rings is 1. The first-order chi connectivity index (χ1) is 14.4. The van der Waals surface area contributed by atoms with E-state index in [1.165, 1.54) is 33.3 Å². The van der Waals surface area contributed by atoms with Crippen LogP contribution in [0.3, 0.4) is 0 Å². The van der Waals surface area contributed by atoms with Crippen molar-refractivity contribution in [3.8, 4) is 0 Å². The Morgan fingerprint density at radius 3 is 2.60 bits per heavy atom. The second kappa shape index (κ2) is 8.60. The zero-order chi connectivity index (χ0) is 21.3. The summed E-state index contributed by atoms with van der Waals surface area (Å²) >= 11 is 0. The third kappa shape index (κ3) is 4.50. The Morgan fingerprint density at radius 2 is 1.93 bits per heavy atom. The van der Waals surface area contributed by atoms with Gasteiger partial charge in [0.15, 0.2) is 0 Å². The maximum Gasteiger partial charge on any atom is 0.346 e. The number of hydrogen-bond acceptors (Lipinski definition) is 5. The molecule has 8 nitrogen and oxygen atoms in total. The van der Waals surface area contributed by atoms with Crippen molar-refractivity contribution in [1.29, 1.82) is 0 Å². The van der Waals surface area contributed by atoms with E-state index in [-0.39, 0.29) is 23.4 Å². The number of halogens is 1. The van der Waals surface area contributed by atoms with Gasteiger partial charge in [-0.1, -0.05) is 12.1 Å². The molecular formula is C20H27FN4O4S. The highest BCUT2D eigenvalue weighted by Crippen LogP contribution is 2.37. The maximum absolute atomic E-state index is 13.1. The van der Waals surface area contributed by atoms with E-state index in [2.05, 4.69) is 5.10 Å². The van der Waals surface area contributed by atoms with Crippen LogP contribution in [0.4, 0.5) is 4.39 Å². The highest BCUT2D eigenvalue weighted by Gasteiger charge is 2.36. The van der Waals surface area contributed by atoms with Crippen molar-refractivity contribution in [2.45, 2.75) is 49.9 Å². The summed E-state index contributed by atoms with van der Waals surface area (Å²) in [5.41, 5.74) is 0.410. The van der Waals surface area contributed by atoms with E-state index in [9.17, 15) is 17.6 Å². The summed E-state index contributed by atoms with van der Waals surface area (Å²) in [5.74, 6) is -0.00652. The van der Waals surface area contributed by atoms with Gasteiger partial charge in [0, 0.05) is 32.2 Å². The molecule has 1 unspecified atom stereocenters. The Morgan fingerprint density at radius 1 is 1.20 bits per heavy atom. The van der Waals surface area contributed by atoms with Crippen LogP contribution >= 0.6 is 0 Å². The minimum absolute atomic E-state index is 0.126. The summed E-state index contributed by atoms with van der Waals surface area (Å²) in [4.78, 5) is 12.8. The van der Waals surface area contributed by atoms with Crippen molar-refractivity contribution in [2.24, 2.45) is 0 Å². The molecule has 1 aliphatic carbocycles. The van der Waals surface area contributed by atoms with Gasteiger partial charge in [0.1, 0.15) is 11.6 Å². The fourth-order valence-electron chi connectivity index (χ4n) is 4.00. The van der Waals surface area contributed by atoms with Crippen LogP contribution in [-0.4, -0.2) is 53.9 Å². The average Bonchev–Trinajstić information content (AvgIpc) is 3.51. The molecule has 0 radical (unpaired) electrons. The third-order valence-corrected chi connectivity index (χ3v) is 7.54. The molecule has 2 aliphatic rings. The number of rotatable bonds is 8. The number of nitrogens with zero attached hydrogens (tertiary/aromatic N) is 4. The van der Waals surface area contributed by atoms with Gasteiger partial charge < -0.3 is 4.74 Å². The zero-order valence-electron chi connectivity index (χ0n) is 17.0. The maximum atomic E-state index is 13.1. The molecule has 0 spiro atoms. The van der Waals surface area contributed by atoms with Crippen LogP contribution in [0.2, 0.25) is 0 Å². The van der Waals surface area contributed by atoms with Crippen molar-refractivity contribution in [1.82, 2.24) is 18.7 Å². The lowest BCUT2D eigenvalue weighted by Crippen LogP contribution is -2.40. The molecule has 1 saturated heterocycles. The lowest BCUT2D eigenvalue weighted by atomic mass is 9.99. The van der Waals surface area contributed by atoms with E-state index < -0.39 is 15.8 Å². The summed E-state index contributed by atoms with van der Waals surface area (Å²) in [7, 11) is -1.98. The van der Waals surface area contributed by atoms with E-state index in [1.807, 2.05) is 0 Å². The van der Waals surface area contributed by atoms with Crippen LogP contribution in [-0.2, 0) is 27.1 Å². The Labute approximate surface area is 175 Å². The first kappa shape index (κ1) is 21.2. The number of sulfonamides is 1. The van der Waals surface area contributed by atoms with Gasteiger partial charge in [0.25, 0.3) is 0 Å². The number of hydrogen-bond donors (Lipinski definition) is 0. The normalized spacial score (nSPS) is 20.5.